The first-order valence-corrected chi connectivity index (χ1v) is 10.8. The van der Waals surface area contributed by atoms with Gasteiger partial charge in [-0.1, -0.05) is 6.07 Å². The Hall–Kier alpha value is -2.41. The lowest BCUT2D eigenvalue weighted by Gasteiger charge is -2.36. The van der Waals surface area contributed by atoms with Crippen LogP contribution >= 0.6 is 0 Å². The van der Waals surface area contributed by atoms with Gasteiger partial charge in [-0.25, -0.2) is 9.97 Å². The zero-order chi connectivity index (χ0) is 19.6. The van der Waals surface area contributed by atoms with Crippen LogP contribution < -0.4 is 4.90 Å². The molecule has 0 spiro atoms. The molecule has 0 saturated carbocycles. The molecule has 0 aliphatic carbocycles. The van der Waals surface area contributed by atoms with Gasteiger partial charge in [0.15, 0.2) is 5.89 Å². The van der Waals surface area contributed by atoms with Gasteiger partial charge < -0.3 is 19.0 Å². The van der Waals surface area contributed by atoms with Crippen LogP contribution in [0.3, 0.4) is 0 Å². The molecule has 2 aromatic rings. The molecule has 1 amide bonds. The fourth-order valence-electron chi connectivity index (χ4n) is 4.71. The summed E-state index contributed by atoms with van der Waals surface area (Å²) in [6, 6.07) is 5.95. The van der Waals surface area contributed by atoms with Crippen molar-refractivity contribution >= 4 is 11.7 Å². The van der Waals surface area contributed by atoms with Crippen molar-refractivity contribution < 1.29 is 13.9 Å². The van der Waals surface area contributed by atoms with Gasteiger partial charge in [-0.15, -0.1) is 0 Å². The molecular formula is C22H28N4O3. The van der Waals surface area contributed by atoms with Crippen LogP contribution in [0.1, 0.15) is 48.9 Å². The van der Waals surface area contributed by atoms with Gasteiger partial charge in [0.25, 0.3) is 0 Å². The molecule has 0 N–H and O–H groups in total. The Kier molecular flexibility index (Phi) is 5.23. The quantitative estimate of drug-likeness (QED) is 0.794. The summed E-state index contributed by atoms with van der Waals surface area (Å²) in [4.78, 5) is 26.7. The minimum absolute atomic E-state index is 0.0224. The Bertz CT molecular complexity index is 847. The van der Waals surface area contributed by atoms with Gasteiger partial charge >= 0.3 is 0 Å². The van der Waals surface area contributed by atoms with Crippen LogP contribution in [0.2, 0.25) is 0 Å². The lowest BCUT2D eigenvalue weighted by atomic mass is 9.95. The van der Waals surface area contributed by atoms with Crippen LogP contribution in [0.5, 0.6) is 0 Å². The smallest absolute Gasteiger partial charge is 0.227 e. The number of anilines is 1. The second-order valence-electron chi connectivity index (χ2n) is 8.29. The monoisotopic (exact) mass is 396 g/mol. The van der Waals surface area contributed by atoms with Gasteiger partial charge in [-0.2, -0.15) is 0 Å². The van der Waals surface area contributed by atoms with Gasteiger partial charge in [-0.05, 0) is 37.8 Å². The van der Waals surface area contributed by atoms with E-state index in [4.69, 9.17) is 14.1 Å². The lowest BCUT2D eigenvalue weighted by molar-refractivity contribution is -0.136. The Balaban J connectivity index is 1.25. The van der Waals surface area contributed by atoms with E-state index in [-0.39, 0.29) is 11.8 Å². The van der Waals surface area contributed by atoms with E-state index < -0.39 is 0 Å². The standard InChI is InChI=1S/C22H28N4O3/c27-22(17-4-3-10-25(14-17)20-5-1-2-9-23-20)26-11-6-19-18(15-26)24-21(29-19)16-7-12-28-13-8-16/h1-2,5,9,16-17H,3-4,6-8,10-15H2. The summed E-state index contributed by atoms with van der Waals surface area (Å²) in [6.45, 7) is 4.54. The molecule has 154 valence electrons. The second-order valence-corrected chi connectivity index (χ2v) is 8.29. The van der Waals surface area contributed by atoms with Crippen LogP contribution in [0, 0.1) is 5.92 Å². The van der Waals surface area contributed by atoms with Crippen molar-refractivity contribution in [2.75, 3.05) is 37.7 Å². The van der Waals surface area contributed by atoms with Crippen LogP contribution in [0.4, 0.5) is 5.82 Å². The molecule has 5 heterocycles. The summed E-state index contributed by atoms with van der Waals surface area (Å²) in [6.07, 6.45) is 6.46. The molecule has 2 fully saturated rings. The van der Waals surface area contributed by atoms with Gasteiger partial charge in [0.2, 0.25) is 5.91 Å². The molecule has 7 heteroatoms. The molecule has 0 radical (unpaired) electrons. The number of carbonyl (C=O) groups is 1. The average molecular weight is 396 g/mol. The topological polar surface area (TPSA) is 71.7 Å². The second kappa shape index (κ2) is 8.14. The third-order valence-corrected chi connectivity index (χ3v) is 6.37. The molecule has 1 unspecified atom stereocenters. The van der Waals surface area contributed by atoms with Crippen molar-refractivity contribution in [2.45, 2.75) is 44.6 Å². The molecular weight excluding hydrogens is 368 g/mol. The van der Waals surface area contributed by atoms with Gasteiger partial charge in [-0.3, -0.25) is 4.79 Å². The highest BCUT2D eigenvalue weighted by Crippen LogP contribution is 2.31. The van der Waals surface area contributed by atoms with Crippen molar-refractivity contribution in [2.24, 2.45) is 5.92 Å². The third kappa shape index (κ3) is 3.88. The van der Waals surface area contributed by atoms with Gasteiger partial charge in [0.05, 0.1) is 12.5 Å². The number of hydrogen-bond donors (Lipinski definition) is 0. The van der Waals surface area contributed by atoms with Crippen molar-refractivity contribution in [3.05, 3.63) is 41.7 Å². The fourth-order valence-corrected chi connectivity index (χ4v) is 4.71. The Morgan fingerprint density at radius 2 is 2.03 bits per heavy atom. The van der Waals surface area contributed by atoms with Gasteiger partial charge in [0, 0.05) is 51.4 Å². The SMILES string of the molecule is O=C(C1CCCN(c2ccccn2)C1)N1CCc2oc(C3CCOCC3)nc2C1. The molecule has 1 atom stereocenters. The van der Waals surface area contributed by atoms with Crippen molar-refractivity contribution in [3.63, 3.8) is 0 Å². The number of nitrogens with zero attached hydrogens (tertiary/aromatic N) is 4. The van der Waals surface area contributed by atoms with Crippen LogP contribution in [0.15, 0.2) is 28.8 Å². The molecule has 3 aliphatic heterocycles. The number of piperidine rings is 1. The number of aromatic nitrogens is 2. The van der Waals surface area contributed by atoms with Crippen molar-refractivity contribution in [3.8, 4) is 0 Å². The highest BCUT2D eigenvalue weighted by Gasteiger charge is 2.33. The Labute approximate surface area is 171 Å². The number of oxazole rings is 1. The normalized spacial score (nSPS) is 23.1. The van der Waals surface area contributed by atoms with E-state index in [1.54, 1.807) is 0 Å². The minimum Gasteiger partial charge on any atom is -0.445 e. The first-order valence-electron chi connectivity index (χ1n) is 10.8. The maximum atomic E-state index is 13.3. The predicted octanol–water partition coefficient (Wildman–Crippen LogP) is 2.76. The molecule has 2 saturated heterocycles. The number of hydrogen-bond acceptors (Lipinski definition) is 6. The van der Waals surface area contributed by atoms with Crippen LogP contribution in [-0.2, 0) is 22.5 Å². The van der Waals surface area contributed by atoms with Crippen molar-refractivity contribution in [1.82, 2.24) is 14.9 Å². The van der Waals surface area contributed by atoms with Gasteiger partial charge in [0.1, 0.15) is 17.3 Å². The number of pyridine rings is 1. The molecule has 7 nitrogen and oxygen atoms in total. The molecule has 0 aromatic carbocycles. The summed E-state index contributed by atoms with van der Waals surface area (Å²) >= 11 is 0. The summed E-state index contributed by atoms with van der Waals surface area (Å²) in [5, 5.41) is 0. The molecule has 0 bridgehead atoms. The zero-order valence-electron chi connectivity index (χ0n) is 16.8. The number of ether oxygens (including phenoxy) is 1. The Morgan fingerprint density at radius 3 is 2.86 bits per heavy atom. The lowest BCUT2D eigenvalue weighted by Crippen LogP contribution is -2.46. The number of carbonyl (C=O) groups excluding carboxylic acids is 1. The van der Waals surface area contributed by atoms with E-state index in [2.05, 4.69) is 9.88 Å². The van der Waals surface area contributed by atoms with E-state index in [0.717, 1.165) is 81.6 Å². The number of amides is 1. The van der Waals surface area contributed by atoms with E-state index in [1.165, 1.54) is 0 Å². The largest absolute Gasteiger partial charge is 0.445 e. The summed E-state index contributed by atoms with van der Waals surface area (Å²) in [5.74, 6) is 3.38. The number of fused-ring (bicyclic) bond motifs is 1. The predicted molar refractivity (Wildman–Crippen MR) is 108 cm³/mol. The highest BCUT2D eigenvalue weighted by molar-refractivity contribution is 5.80. The molecule has 5 rings (SSSR count). The van der Waals surface area contributed by atoms with Crippen molar-refractivity contribution in [1.29, 1.82) is 0 Å². The summed E-state index contributed by atoms with van der Waals surface area (Å²) in [5.41, 5.74) is 0.948. The molecule has 2 aromatic heterocycles. The van der Waals surface area contributed by atoms with E-state index in [0.29, 0.717) is 19.0 Å². The van der Waals surface area contributed by atoms with E-state index in [1.807, 2.05) is 29.3 Å². The highest BCUT2D eigenvalue weighted by atomic mass is 16.5. The maximum absolute atomic E-state index is 13.3. The third-order valence-electron chi connectivity index (χ3n) is 6.37. The number of rotatable bonds is 3. The first kappa shape index (κ1) is 18.6. The molecule has 3 aliphatic rings. The minimum atomic E-state index is 0.0224. The summed E-state index contributed by atoms with van der Waals surface area (Å²) in [7, 11) is 0. The summed E-state index contributed by atoms with van der Waals surface area (Å²) < 4.78 is 11.5. The van der Waals surface area contributed by atoms with Crippen LogP contribution in [-0.4, -0.2) is 53.6 Å². The Morgan fingerprint density at radius 1 is 1.14 bits per heavy atom. The average Bonchev–Trinajstić information content (AvgIpc) is 3.23. The molecule has 29 heavy (non-hydrogen) atoms. The van der Waals surface area contributed by atoms with E-state index >= 15 is 0 Å². The first-order chi connectivity index (χ1) is 14.3. The maximum Gasteiger partial charge on any atom is 0.227 e. The fraction of sp³-hybridized carbons (Fsp3) is 0.591. The van der Waals surface area contributed by atoms with Crippen LogP contribution in [0.25, 0.3) is 0 Å². The zero-order valence-corrected chi connectivity index (χ0v) is 16.8. The van der Waals surface area contributed by atoms with E-state index in [9.17, 15) is 4.79 Å².